The summed E-state index contributed by atoms with van der Waals surface area (Å²) < 4.78 is 0. The highest BCUT2D eigenvalue weighted by molar-refractivity contribution is 5.51. The summed E-state index contributed by atoms with van der Waals surface area (Å²) in [5.41, 5.74) is 3.55. The van der Waals surface area contributed by atoms with E-state index in [1.807, 2.05) is 0 Å². The Bertz CT molecular complexity index is 369. The molecule has 2 heteroatoms. The Labute approximate surface area is 104 Å². The molecule has 0 unspecified atom stereocenters. The van der Waals surface area contributed by atoms with E-state index < -0.39 is 0 Å². The highest BCUT2D eigenvalue weighted by Crippen LogP contribution is 2.29. The third-order valence-electron chi connectivity index (χ3n) is 3.93. The first-order valence-corrected chi connectivity index (χ1v) is 6.73. The predicted molar refractivity (Wildman–Crippen MR) is 72.4 cm³/mol. The van der Waals surface area contributed by atoms with E-state index in [1.54, 1.807) is 0 Å². The summed E-state index contributed by atoms with van der Waals surface area (Å²) in [5, 5.41) is 9.20. The van der Waals surface area contributed by atoms with Crippen molar-refractivity contribution < 1.29 is 5.11 Å². The zero-order valence-electron chi connectivity index (χ0n) is 10.9. The summed E-state index contributed by atoms with van der Waals surface area (Å²) >= 11 is 0. The van der Waals surface area contributed by atoms with Gasteiger partial charge in [0.1, 0.15) is 0 Å². The number of nitrogens with zero attached hydrogens (tertiary/aromatic N) is 1. The van der Waals surface area contributed by atoms with Gasteiger partial charge in [-0.2, -0.15) is 0 Å². The lowest BCUT2D eigenvalue weighted by Gasteiger charge is -2.30. The van der Waals surface area contributed by atoms with Crippen LogP contribution in [0, 0.1) is 6.92 Å². The normalized spacial score (nSPS) is 16.4. The smallest absolute Gasteiger partial charge is 0.0684 e. The lowest BCUT2D eigenvalue weighted by Crippen LogP contribution is -2.32. The SMILES string of the molecule is CCN(c1ccc(CO)c(C)c1)C1CCCC1. The molecular formula is C15H23NO. The molecule has 1 aliphatic carbocycles. The maximum absolute atomic E-state index is 9.20. The summed E-state index contributed by atoms with van der Waals surface area (Å²) in [4.78, 5) is 2.52. The Hall–Kier alpha value is -1.02. The van der Waals surface area contributed by atoms with E-state index in [4.69, 9.17) is 0 Å². The molecule has 2 rings (SSSR count). The number of rotatable bonds is 4. The molecule has 0 bridgehead atoms. The van der Waals surface area contributed by atoms with Gasteiger partial charge < -0.3 is 10.0 Å². The first kappa shape index (κ1) is 12.4. The van der Waals surface area contributed by atoms with Gasteiger partial charge in [-0.05, 0) is 49.9 Å². The zero-order valence-corrected chi connectivity index (χ0v) is 10.9. The molecule has 0 radical (unpaired) electrons. The van der Waals surface area contributed by atoms with Crippen LogP contribution >= 0.6 is 0 Å². The van der Waals surface area contributed by atoms with Gasteiger partial charge in [-0.3, -0.25) is 0 Å². The molecule has 1 fully saturated rings. The van der Waals surface area contributed by atoms with Crippen molar-refractivity contribution in [2.75, 3.05) is 11.4 Å². The van der Waals surface area contributed by atoms with Crippen LogP contribution in [0.5, 0.6) is 0 Å². The molecule has 94 valence electrons. The molecule has 0 amide bonds. The fraction of sp³-hybridized carbons (Fsp3) is 0.600. The van der Waals surface area contributed by atoms with Crippen LogP contribution in [-0.4, -0.2) is 17.7 Å². The van der Waals surface area contributed by atoms with Crippen LogP contribution in [0.3, 0.4) is 0 Å². The average molecular weight is 233 g/mol. The van der Waals surface area contributed by atoms with E-state index in [2.05, 4.69) is 36.9 Å². The van der Waals surface area contributed by atoms with Crippen molar-refractivity contribution in [2.45, 2.75) is 52.2 Å². The van der Waals surface area contributed by atoms with E-state index in [1.165, 1.54) is 36.9 Å². The summed E-state index contributed by atoms with van der Waals surface area (Å²) in [6, 6.07) is 7.15. The maximum Gasteiger partial charge on any atom is 0.0684 e. The maximum atomic E-state index is 9.20. The summed E-state index contributed by atoms with van der Waals surface area (Å²) in [6.45, 7) is 5.52. The molecule has 0 aliphatic heterocycles. The van der Waals surface area contributed by atoms with Crippen LogP contribution in [0.4, 0.5) is 5.69 Å². The zero-order chi connectivity index (χ0) is 12.3. The third-order valence-corrected chi connectivity index (χ3v) is 3.93. The highest BCUT2D eigenvalue weighted by atomic mass is 16.3. The van der Waals surface area contributed by atoms with Crippen molar-refractivity contribution >= 4 is 5.69 Å². The number of aliphatic hydroxyl groups is 1. The highest BCUT2D eigenvalue weighted by Gasteiger charge is 2.21. The van der Waals surface area contributed by atoms with Crippen molar-refractivity contribution in [3.05, 3.63) is 29.3 Å². The molecule has 0 heterocycles. The van der Waals surface area contributed by atoms with Crippen LogP contribution in [0.1, 0.15) is 43.7 Å². The molecule has 1 N–H and O–H groups in total. The molecule has 0 spiro atoms. The first-order valence-electron chi connectivity index (χ1n) is 6.73. The van der Waals surface area contributed by atoms with Gasteiger partial charge in [-0.1, -0.05) is 18.9 Å². The third kappa shape index (κ3) is 2.63. The number of hydrogen-bond acceptors (Lipinski definition) is 2. The standard InChI is InChI=1S/C15H23NO/c1-3-16(14-6-4-5-7-14)15-9-8-13(11-17)12(2)10-15/h8-10,14,17H,3-7,11H2,1-2H3. The Morgan fingerprint density at radius 1 is 1.29 bits per heavy atom. The van der Waals surface area contributed by atoms with Gasteiger partial charge in [-0.25, -0.2) is 0 Å². The van der Waals surface area contributed by atoms with Crippen LogP contribution in [0.15, 0.2) is 18.2 Å². The first-order chi connectivity index (χ1) is 8.26. The minimum Gasteiger partial charge on any atom is -0.392 e. The van der Waals surface area contributed by atoms with Crippen molar-refractivity contribution in [2.24, 2.45) is 0 Å². The Morgan fingerprint density at radius 2 is 2.00 bits per heavy atom. The molecular weight excluding hydrogens is 210 g/mol. The van der Waals surface area contributed by atoms with E-state index in [0.29, 0.717) is 0 Å². The lowest BCUT2D eigenvalue weighted by atomic mass is 10.1. The average Bonchev–Trinajstić information content (AvgIpc) is 2.84. The quantitative estimate of drug-likeness (QED) is 0.863. The molecule has 1 aromatic carbocycles. The fourth-order valence-corrected chi connectivity index (χ4v) is 2.90. The minimum atomic E-state index is 0.141. The number of benzene rings is 1. The number of aryl methyl sites for hydroxylation is 1. The topological polar surface area (TPSA) is 23.5 Å². The second kappa shape index (κ2) is 5.54. The lowest BCUT2D eigenvalue weighted by molar-refractivity contribution is 0.281. The fourth-order valence-electron chi connectivity index (χ4n) is 2.90. The minimum absolute atomic E-state index is 0.141. The van der Waals surface area contributed by atoms with Crippen molar-refractivity contribution in [3.8, 4) is 0 Å². The van der Waals surface area contributed by atoms with Gasteiger partial charge in [0.05, 0.1) is 6.61 Å². The number of aliphatic hydroxyl groups excluding tert-OH is 1. The monoisotopic (exact) mass is 233 g/mol. The molecule has 1 aromatic rings. The van der Waals surface area contributed by atoms with Crippen molar-refractivity contribution in [1.29, 1.82) is 0 Å². The van der Waals surface area contributed by atoms with E-state index in [0.717, 1.165) is 18.2 Å². The predicted octanol–water partition coefficient (Wildman–Crippen LogP) is 3.26. The Kier molecular flexibility index (Phi) is 4.06. The largest absolute Gasteiger partial charge is 0.392 e. The van der Waals surface area contributed by atoms with Gasteiger partial charge in [0.15, 0.2) is 0 Å². The van der Waals surface area contributed by atoms with E-state index in [-0.39, 0.29) is 6.61 Å². The molecule has 2 nitrogen and oxygen atoms in total. The molecule has 1 saturated carbocycles. The second-order valence-corrected chi connectivity index (χ2v) is 4.99. The second-order valence-electron chi connectivity index (χ2n) is 4.99. The van der Waals surface area contributed by atoms with E-state index in [9.17, 15) is 5.11 Å². The van der Waals surface area contributed by atoms with Gasteiger partial charge in [0.2, 0.25) is 0 Å². The van der Waals surface area contributed by atoms with Crippen LogP contribution in [-0.2, 0) is 6.61 Å². The molecule has 0 saturated heterocycles. The Morgan fingerprint density at radius 3 is 2.53 bits per heavy atom. The molecule has 17 heavy (non-hydrogen) atoms. The van der Waals surface area contributed by atoms with Gasteiger partial charge in [0, 0.05) is 18.3 Å². The Balaban J connectivity index is 2.21. The summed E-state index contributed by atoms with van der Waals surface area (Å²) in [5.74, 6) is 0. The van der Waals surface area contributed by atoms with Crippen LogP contribution in [0.25, 0.3) is 0 Å². The van der Waals surface area contributed by atoms with Gasteiger partial charge in [0.25, 0.3) is 0 Å². The summed E-state index contributed by atoms with van der Waals surface area (Å²) in [6.07, 6.45) is 5.40. The van der Waals surface area contributed by atoms with Crippen LogP contribution in [0.2, 0.25) is 0 Å². The van der Waals surface area contributed by atoms with Crippen molar-refractivity contribution in [1.82, 2.24) is 0 Å². The van der Waals surface area contributed by atoms with E-state index >= 15 is 0 Å². The summed E-state index contributed by atoms with van der Waals surface area (Å²) in [7, 11) is 0. The van der Waals surface area contributed by atoms with Crippen LogP contribution < -0.4 is 4.90 Å². The molecule has 1 aliphatic rings. The number of hydrogen-bond donors (Lipinski definition) is 1. The van der Waals surface area contributed by atoms with Gasteiger partial charge in [-0.15, -0.1) is 0 Å². The number of anilines is 1. The molecule has 0 aromatic heterocycles. The van der Waals surface area contributed by atoms with Crippen molar-refractivity contribution in [3.63, 3.8) is 0 Å². The van der Waals surface area contributed by atoms with Gasteiger partial charge >= 0.3 is 0 Å². The molecule has 0 atom stereocenters.